The maximum Gasteiger partial charge on any atom is 0.292 e. The van der Waals surface area contributed by atoms with Crippen LogP contribution in [-0.2, 0) is 14.8 Å². The first kappa shape index (κ1) is 17.4. The summed E-state index contributed by atoms with van der Waals surface area (Å²) in [5.41, 5.74) is -0.858. The van der Waals surface area contributed by atoms with Crippen LogP contribution in [0.1, 0.15) is 0 Å². The summed E-state index contributed by atoms with van der Waals surface area (Å²) in [6.07, 6.45) is -1.09. The summed E-state index contributed by atoms with van der Waals surface area (Å²) in [7, 11) is -1.75. The van der Waals surface area contributed by atoms with Gasteiger partial charge in [0.15, 0.2) is 4.90 Å². The first-order chi connectivity index (χ1) is 9.70. The van der Waals surface area contributed by atoms with Crippen LogP contribution in [0.3, 0.4) is 0 Å². The largest absolute Gasteiger partial charge is 0.389 e. The third kappa shape index (κ3) is 4.17. The monoisotopic (exact) mass is 322 g/mol. The minimum absolute atomic E-state index is 0.0919. The van der Waals surface area contributed by atoms with Crippen LogP contribution < -0.4 is 0 Å². The van der Waals surface area contributed by atoms with Crippen LogP contribution in [-0.4, -0.2) is 56.2 Å². The molecule has 0 radical (unpaired) electrons. The average Bonchev–Trinajstić information content (AvgIpc) is 2.38. The molecule has 0 saturated heterocycles. The number of nitro groups is 1. The van der Waals surface area contributed by atoms with Crippen LogP contribution in [0.2, 0.25) is 0 Å². The number of benzene rings is 1. The highest BCUT2D eigenvalue weighted by Gasteiger charge is 2.30. The molecule has 1 unspecified atom stereocenters. The molecule has 118 valence electrons. The topological polar surface area (TPSA) is 110 Å². The number of nitro benzene ring substituents is 1. The number of methoxy groups -OCH3 is 1. The van der Waals surface area contributed by atoms with E-state index in [0.717, 1.165) is 23.5 Å². The predicted molar refractivity (Wildman–Crippen MR) is 70.8 cm³/mol. The van der Waals surface area contributed by atoms with E-state index in [4.69, 9.17) is 0 Å². The smallest absolute Gasteiger partial charge is 0.292 e. The Morgan fingerprint density at radius 2 is 2.14 bits per heavy atom. The van der Waals surface area contributed by atoms with Crippen molar-refractivity contribution in [1.82, 2.24) is 4.31 Å². The number of sulfonamides is 1. The molecular formula is C11H15FN2O6S. The van der Waals surface area contributed by atoms with Crippen molar-refractivity contribution in [2.75, 3.05) is 27.3 Å². The molecule has 1 atom stereocenters. The first-order valence-corrected chi connectivity index (χ1v) is 7.21. The molecule has 10 heteroatoms. The maximum atomic E-state index is 13.0. The fraction of sp³-hybridized carbons (Fsp3) is 0.455. The summed E-state index contributed by atoms with van der Waals surface area (Å²) in [5, 5.41) is 20.4. The first-order valence-electron chi connectivity index (χ1n) is 5.77. The minimum Gasteiger partial charge on any atom is -0.389 e. The van der Waals surface area contributed by atoms with E-state index in [1.807, 2.05) is 0 Å². The van der Waals surface area contributed by atoms with Gasteiger partial charge in [0.25, 0.3) is 5.69 Å². The van der Waals surface area contributed by atoms with E-state index in [-0.39, 0.29) is 13.2 Å². The molecule has 0 aliphatic rings. The quantitative estimate of drug-likeness (QED) is 0.573. The fourth-order valence-corrected chi connectivity index (χ4v) is 3.00. The summed E-state index contributed by atoms with van der Waals surface area (Å²) in [6.45, 7) is -0.407. The number of halogens is 1. The van der Waals surface area contributed by atoms with E-state index in [1.54, 1.807) is 0 Å². The molecule has 21 heavy (non-hydrogen) atoms. The van der Waals surface area contributed by atoms with Gasteiger partial charge in [-0.15, -0.1) is 0 Å². The van der Waals surface area contributed by atoms with Gasteiger partial charge in [-0.1, -0.05) is 0 Å². The second-order valence-corrected chi connectivity index (χ2v) is 6.28. The lowest BCUT2D eigenvalue weighted by atomic mass is 10.3. The molecule has 0 saturated carbocycles. The van der Waals surface area contributed by atoms with Gasteiger partial charge in [0, 0.05) is 20.7 Å². The van der Waals surface area contributed by atoms with Gasteiger partial charge in [-0.2, -0.15) is 4.31 Å². The molecule has 0 aliphatic carbocycles. The fourth-order valence-electron chi connectivity index (χ4n) is 1.66. The predicted octanol–water partition coefficient (Wildman–Crippen LogP) is 0.362. The van der Waals surface area contributed by atoms with Gasteiger partial charge in [0.2, 0.25) is 10.0 Å². The van der Waals surface area contributed by atoms with Gasteiger partial charge in [-0.3, -0.25) is 10.1 Å². The number of likely N-dealkylation sites (N-methyl/N-ethyl adjacent to an activating group) is 1. The lowest BCUT2D eigenvalue weighted by molar-refractivity contribution is -0.388. The van der Waals surface area contributed by atoms with Crippen LogP contribution in [0, 0.1) is 15.9 Å². The Bertz CT molecular complexity index is 621. The molecule has 0 fully saturated rings. The normalized spacial score (nSPS) is 13.4. The van der Waals surface area contributed by atoms with E-state index in [0.29, 0.717) is 6.07 Å². The minimum atomic E-state index is -4.24. The van der Waals surface area contributed by atoms with Gasteiger partial charge in [-0.05, 0) is 12.1 Å². The van der Waals surface area contributed by atoms with Crippen LogP contribution >= 0.6 is 0 Å². The van der Waals surface area contributed by atoms with E-state index >= 15 is 0 Å². The van der Waals surface area contributed by atoms with Crippen molar-refractivity contribution in [1.29, 1.82) is 0 Å². The highest BCUT2D eigenvalue weighted by atomic mass is 32.2. The van der Waals surface area contributed by atoms with Crippen molar-refractivity contribution in [3.05, 3.63) is 34.1 Å². The Kier molecular flexibility index (Phi) is 5.72. The van der Waals surface area contributed by atoms with Crippen molar-refractivity contribution in [2.24, 2.45) is 0 Å². The molecular weight excluding hydrogens is 307 g/mol. The van der Waals surface area contributed by atoms with E-state index < -0.39 is 37.5 Å². The molecule has 0 bridgehead atoms. The zero-order valence-corrected chi connectivity index (χ0v) is 12.2. The van der Waals surface area contributed by atoms with Crippen LogP contribution in [0.15, 0.2) is 23.1 Å². The molecule has 8 nitrogen and oxygen atoms in total. The van der Waals surface area contributed by atoms with Gasteiger partial charge >= 0.3 is 0 Å². The summed E-state index contributed by atoms with van der Waals surface area (Å²) >= 11 is 0. The molecule has 0 amide bonds. The Labute approximate surface area is 121 Å². The lowest BCUT2D eigenvalue weighted by Crippen LogP contribution is -2.36. The number of hydrogen-bond acceptors (Lipinski definition) is 6. The number of aliphatic hydroxyl groups excluding tert-OH is 1. The Morgan fingerprint density at radius 1 is 1.52 bits per heavy atom. The Hall–Kier alpha value is -1.62. The third-order valence-electron chi connectivity index (χ3n) is 2.63. The van der Waals surface area contributed by atoms with Crippen molar-refractivity contribution in [3.63, 3.8) is 0 Å². The third-order valence-corrected chi connectivity index (χ3v) is 4.50. The van der Waals surface area contributed by atoms with Gasteiger partial charge < -0.3 is 9.84 Å². The zero-order valence-electron chi connectivity index (χ0n) is 11.4. The van der Waals surface area contributed by atoms with E-state index in [2.05, 4.69) is 4.74 Å². The highest BCUT2D eigenvalue weighted by Crippen LogP contribution is 2.26. The molecule has 1 N–H and O–H groups in total. The SMILES string of the molecule is COCC(O)CN(C)S(=O)(=O)c1ccc(F)cc1[N+](=O)[O-]. The Balaban J connectivity index is 3.16. The van der Waals surface area contributed by atoms with E-state index in [1.165, 1.54) is 7.11 Å². The molecule has 0 heterocycles. The van der Waals surface area contributed by atoms with E-state index in [9.17, 15) is 28.0 Å². The molecule has 1 rings (SSSR count). The van der Waals surface area contributed by atoms with Crippen LogP contribution in [0.4, 0.5) is 10.1 Å². The van der Waals surface area contributed by atoms with Gasteiger partial charge in [-0.25, -0.2) is 12.8 Å². The van der Waals surface area contributed by atoms with Crippen LogP contribution in [0.5, 0.6) is 0 Å². The molecule has 0 aliphatic heterocycles. The highest BCUT2D eigenvalue weighted by molar-refractivity contribution is 7.89. The van der Waals surface area contributed by atoms with Crippen molar-refractivity contribution < 1.29 is 27.6 Å². The van der Waals surface area contributed by atoms with Crippen molar-refractivity contribution >= 4 is 15.7 Å². The number of aliphatic hydroxyl groups is 1. The number of hydrogen-bond donors (Lipinski definition) is 1. The number of ether oxygens (including phenoxy) is 1. The maximum absolute atomic E-state index is 13.0. The molecule has 0 aromatic heterocycles. The molecule has 1 aromatic rings. The summed E-state index contributed by atoms with van der Waals surface area (Å²) in [4.78, 5) is 9.24. The van der Waals surface area contributed by atoms with Crippen LogP contribution in [0.25, 0.3) is 0 Å². The summed E-state index contributed by atoms with van der Waals surface area (Å²) in [6, 6.07) is 2.17. The zero-order chi connectivity index (χ0) is 16.2. The van der Waals surface area contributed by atoms with Gasteiger partial charge in [0.1, 0.15) is 5.82 Å². The van der Waals surface area contributed by atoms with Gasteiger partial charge in [0.05, 0.1) is 23.7 Å². The lowest BCUT2D eigenvalue weighted by Gasteiger charge is -2.20. The molecule has 0 spiro atoms. The van der Waals surface area contributed by atoms with Crippen molar-refractivity contribution in [2.45, 2.75) is 11.0 Å². The number of nitrogens with zero attached hydrogens (tertiary/aromatic N) is 2. The standard InChI is InChI=1S/C11H15FN2O6S/c1-13(6-9(15)7-20-2)21(18,19)11-4-3-8(12)5-10(11)14(16)17/h3-5,9,15H,6-7H2,1-2H3. The second kappa shape index (κ2) is 6.89. The summed E-state index contributed by atoms with van der Waals surface area (Å²) in [5.74, 6) is -0.914. The summed E-state index contributed by atoms with van der Waals surface area (Å²) < 4.78 is 43.0. The second-order valence-electron chi connectivity index (χ2n) is 4.26. The molecule has 1 aromatic carbocycles. The van der Waals surface area contributed by atoms with Crippen molar-refractivity contribution in [3.8, 4) is 0 Å². The Morgan fingerprint density at radius 3 is 2.67 bits per heavy atom. The number of rotatable bonds is 7. The average molecular weight is 322 g/mol.